The lowest BCUT2D eigenvalue weighted by Crippen LogP contribution is -2.36. The van der Waals surface area contributed by atoms with Crippen molar-refractivity contribution in [2.75, 3.05) is 23.9 Å². The van der Waals surface area contributed by atoms with E-state index in [9.17, 15) is 24.4 Å². The number of aliphatic hydroxyl groups is 1. The van der Waals surface area contributed by atoms with Gasteiger partial charge in [-0.3, -0.25) is 10.1 Å². The number of nitrogens with zero attached hydrogens (tertiary/aromatic N) is 1. The molecule has 0 aliphatic rings. The summed E-state index contributed by atoms with van der Waals surface area (Å²) in [7, 11) is 0. The lowest BCUT2D eigenvalue weighted by Gasteiger charge is -2.23. The summed E-state index contributed by atoms with van der Waals surface area (Å²) in [5.74, 6) is -2.29. The number of benzene rings is 1. The molecule has 0 saturated heterocycles. The van der Waals surface area contributed by atoms with Crippen LogP contribution in [-0.4, -0.2) is 45.3 Å². The number of thioether (sulfide) groups is 1. The molecule has 7 nitrogen and oxygen atoms in total. The van der Waals surface area contributed by atoms with Gasteiger partial charge in [0, 0.05) is 24.4 Å². The average molecular weight is 318 g/mol. The molecule has 0 aliphatic heterocycles. The summed E-state index contributed by atoms with van der Waals surface area (Å²) in [6.07, 6.45) is 1.79. The van der Waals surface area contributed by atoms with Gasteiger partial charge in [0.25, 0.3) is 5.69 Å². The predicted octanol–water partition coefficient (Wildman–Crippen LogP) is 1.96. The largest absolute Gasteiger partial charge is 0.478 e. The first-order chi connectivity index (χ1) is 9.68. The number of anilines is 1. The van der Waals surface area contributed by atoms with Crippen LogP contribution in [0, 0.1) is 15.9 Å². The number of aromatic carboxylic acids is 1. The molecule has 1 aromatic carbocycles. The van der Waals surface area contributed by atoms with Crippen LogP contribution in [0.15, 0.2) is 12.1 Å². The van der Waals surface area contributed by atoms with Crippen molar-refractivity contribution in [2.24, 2.45) is 0 Å². The lowest BCUT2D eigenvalue weighted by molar-refractivity contribution is -0.384. The minimum absolute atomic E-state index is 0.0411. The normalized spacial score (nSPS) is 13.5. The Morgan fingerprint density at radius 2 is 2.19 bits per heavy atom. The molecule has 0 saturated carbocycles. The van der Waals surface area contributed by atoms with Crippen molar-refractivity contribution in [3.8, 4) is 0 Å². The van der Waals surface area contributed by atoms with Gasteiger partial charge in [0.15, 0.2) is 0 Å². The van der Waals surface area contributed by atoms with E-state index in [1.54, 1.807) is 6.26 Å². The predicted molar refractivity (Wildman–Crippen MR) is 77.5 cm³/mol. The highest BCUT2D eigenvalue weighted by molar-refractivity contribution is 7.98. The molecule has 0 spiro atoms. The average Bonchev–Trinajstić information content (AvgIpc) is 2.35. The van der Waals surface area contributed by atoms with Crippen molar-refractivity contribution in [3.63, 3.8) is 0 Å². The van der Waals surface area contributed by atoms with E-state index in [1.807, 2.05) is 0 Å². The first kappa shape index (κ1) is 17.2. The van der Waals surface area contributed by atoms with E-state index in [1.165, 1.54) is 18.7 Å². The van der Waals surface area contributed by atoms with E-state index in [2.05, 4.69) is 5.32 Å². The van der Waals surface area contributed by atoms with Crippen molar-refractivity contribution in [1.82, 2.24) is 0 Å². The fourth-order valence-corrected chi connectivity index (χ4v) is 2.39. The van der Waals surface area contributed by atoms with Gasteiger partial charge in [-0.05, 0) is 13.2 Å². The van der Waals surface area contributed by atoms with Gasteiger partial charge in [0.05, 0.1) is 10.5 Å². The molecule has 0 aliphatic carbocycles. The second-order valence-electron chi connectivity index (χ2n) is 4.69. The molecule has 9 heteroatoms. The zero-order chi connectivity index (χ0) is 16.2. The second-order valence-corrected chi connectivity index (χ2v) is 5.56. The van der Waals surface area contributed by atoms with E-state index in [0.717, 1.165) is 6.07 Å². The third-order valence-electron chi connectivity index (χ3n) is 2.63. The zero-order valence-electron chi connectivity index (χ0n) is 11.4. The maximum Gasteiger partial charge on any atom is 0.338 e. The fraction of sp³-hybridized carbons (Fsp3) is 0.417. The van der Waals surface area contributed by atoms with Gasteiger partial charge < -0.3 is 15.5 Å². The number of hydrogen-bond acceptors (Lipinski definition) is 6. The second kappa shape index (κ2) is 6.72. The van der Waals surface area contributed by atoms with Gasteiger partial charge in [-0.25, -0.2) is 9.18 Å². The molecule has 0 aromatic heterocycles. The molecule has 0 amide bonds. The maximum absolute atomic E-state index is 13.6. The highest BCUT2D eigenvalue weighted by atomic mass is 32.2. The van der Waals surface area contributed by atoms with Crippen molar-refractivity contribution < 1.29 is 24.3 Å². The minimum Gasteiger partial charge on any atom is -0.478 e. The van der Waals surface area contributed by atoms with Gasteiger partial charge in [-0.2, -0.15) is 11.8 Å². The number of hydrogen-bond donors (Lipinski definition) is 3. The fourth-order valence-electron chi connectivity index (χ4n) is 1.67. The van der Waals surface area contributed by atoms with Gasteiger partial charge in [-0.1, -0.05) is 0 Å². The van der Waals surface area contributed by atoms with Crippen LogP contribution in [0.5, 0.6) is 0 Å². The third kappa shape index (κ3) is 4.57. The molecular formula is C12H15FN2O5S. The molecule has 1 rings (SSSR count). The van der Waals surface area contributed by atoms with Gasteiger partial charge >= 0.3 is 5.97 Å². The first-order valence-corrected chi connectivity index (χ1v) is 7.24. The van der Waals surface area contributed by atoms with Crippen molar-refractivity contribution >= 4 is 29.1 Å². The Morgan fingerprint density at radius 3 is 2.67 bits per heavy atom. The van der Waals surface area contributed by atoms with Crippen LogP contribution in [-0.2, 0) is 0 Å². The molecule has 3 N–H and O–H groups in total. The Kier molecular flexibility index (Phi) is 5.50. The number of nitro groups is 1. The van der Waals surface area contributed by atoms with Crippen molar-refractivity contribution in [1.29, 1.82) is 0 Å². The Bertz CT molecular complexity index is 565. The summed E-state index contributed by atoms with van der Waals surface area (Å²) in [5.41, 5.74) is -2.66. The number of carboxylic acid groups (broad SMARTS) is 1. The van der Waals surface area contributed by atoms with Crippen molar-refractivity contribution in [3.05, 3.63) is 33.6 Å². The molecule has 0 fully saturated rings. The minimum atomic E-state index is -1.59. The summed E-state index contributed by atoms with van der Waals surface area (Å²) in [4.78, 5) is 20.9. The number of nitrogens with one attached hydrogen (secondary N) is 1. The molecule has 21 heavy (non-hydrogen) atoms. The number of carbonyl (C=O) groups is 1. The molecule has 1 aromatic rings. The Labute approximate surface area is 124 Å². The smallest absolute Gasteiger partial charge is 0.338 e. The van der Waals surface area contributed by atoms with Crippen LogP contribution in [0.4, 0.5) is 15.8 Å². The molecule has 0 heterocycles. The monoisotopic (exact) mass is 318 g/mol. The molecule has 0 radical (unpaired) electrons. The van der Waals surface area contributed by atoms with Gasteiger partial charge in [0.1, 0.15) is 17.1 Å². The summed E-state index contributed by atoms with van der Waals surface area (Å²) >= 11 is 1.39. The number of halogens is 1. The SMILES string of the molecule is CSCC(C)(O)CNc1cc(F)c(C(=O)O)cc1[N+](=O)[O-]. The van der Waals surface area contributed by atoms with Crippen LogP contribution in [0.1, 0.15) is 17.3 Å². The van der Waals surface area contributed by atoms with Crippen LogP contribution in [0.2, 0.25) is 0 Å². The van der Waals surface area contributed by atoms with E-state index in [-0.39, 0.29) is 12.2 Å². The standard InChI is InChI=1S/C12H15FN2O5S/c1-12(18,6-21-2)5-14-9-4-8(13)7(11(16)17)3-10(9)15(19)20/h3-4,14,18H,5-6H2,1-2H3,(H,16,17). The van der Waals surface area contributed by atoms with Gasteiger partial charge in [0.2, 0.25) is 0 Å². The van der Waals surface area contributed by atoms with Crippen molar-refractivity contribution in [2.45, 2.75) is 12.5 Å². The van der Waals surface area contributed by atoms with E-state index in [0.29, 0.717) is 11.8 Å². The third-order valence-corrected chi connectivity index (χ3v) is 3.54. The molecule has 116 valence electrons. The van der Waals surface area contributed by atoms with Crippen LogP contribution < -0.4 is 5.32 Å². The number of nitro benzene ring substituents is 1. The highest BCUT2D eigenvalue weighted by Crippen LogP contribution is 2.28. The Morgan fingerprint density at radius 1 is 1.57 bits per heavy atom. The first-order valence-electron chi connectivity index (χ1n) is 5.84. The quantitative estimate of drug-likeness (QED) is 0.520. The summed E-state index contributed by atoms with van der Waals surface area (Å²) in [6.45, 7) is 1.49. The number of carboxylic acids is 1. The lowest BCUT2D eigenvalue weighted by atomic mass is 10.1. The van der Waals surface area contributed by atoms with Gasteiger partial charge in [-0.15, -0.1) is 0 Å². The Hall–Kier alpha value is -1.87. The highest BCUT2D eigenvalue weighted by Gasteiger charge is 2.25. The molecule has 1 atom stereocenters. The van der Waals surface area contributed by atoms with Crippen LogP contribution in [0.25, 0.3) is 0 Å². The molecular weight excluding hydrogens is 303 g/mol. The summed E-state index contributed by atoms with van der Waals surface area (Å²) in [5, 5.41) is 32.3. The van der Waals surface area contributed by atoms with E-state index >= 15 is 0 Å². The molecule has 0 bridgehead atoms. The molecule has 1 unspecified atom stereocenters. The Balaban J connectivity index is 3.09. The van der Waals surface area contributed by atoms with E-state index < -0.39 is 33.6 Å². The summed E-state index contributed by atoms with van der Waals surface area (Å²) < 4.78 is 13.6. The van der Waals surface area contributed by atoms with Crippen LogP contribution >= 0.6 is 11.8 Å². The number of rotatable bonds is 7. The zero-order valence-corrected chi connectivity index (χ0v) is 12.2. The summed E-state index contributed by atoms with van der Waals surface area (Å²) in [6, 6.07) is 1.40. The van der Waals surface area contributed by atoms with Crippen LogP contribution in [0.3, 0.4) is 0 Å². The van der Waals surface area contributed by atoms with E-state index in [4.69, 9.17) is 5.11 Å². The topological polar surface area (TPSA) is 113 Å². The maximum atomic E-state index is 13.6.